The van der Waals surface area contributed by atoms with Crippen LogP contribution in [0.15, 0.2) is 0 Å². The highest BCUT2D eigenvalue weighted by atomic mass is 16.4. The zero-order valence-electron chi connectivity index (χ0n) is 11.1. The Hall–Kier alpha value is -1.26. The Balaban J connectivity index is 1.78. The largest absolute Gasteiger partial charge is 0.481 e. The molecule has 5 nitrogen and oxygen atoms in total. The van der Waals surface area contributed by atoms with Crippen molar-refractivity contribution in [3.63, 3.8) is 0 Å². The lowest BCUT2D eigenvalue weighted by atomic mass is 9.88. The van der Waals surface area contributed by atoms with Crippen molar-refractivity contribution >= 4 is 12.0 Å². The van der Waals surface area contributed by atoms with Crippen molar-refractivity contribution in [2.75, 3.05) is 26.2 Å². The first-order valence-corrected chi connectivity index (χ1v) is 6.73. The molecule has 2 aliphatic heterocycles. The average molecular weight is 254 g/mol. The van der Waals surface area contributed by atoms with Gasteiger partial charge in [0.05, 0.1) is 6.42 Å². The summed E-state index contributed by atoms with van der Waals surface area (Å²) < 4.78 is 0. The Morgan fingerprint density at radius 1 is 1.11 bits per heavy atom. The van der Waals surface area contributed by atoms with Crippen LogP contribution < -0.4 is 0 Å². The molecule has 0 aromatic heterocycles. The van der Waals surface area contributed by atoms with Crippen LogP contribution in [0.3, 0.4) is 0 Å². The minimum absolute atomic E-state index is 0.0930. The molecule has 0 aromatic rings. The van der Waals surface area contributed by atoms with Crippen molar-refractivity contribution in [3.8, 4) is 0 Å². The van der Waals surface area contributed by atoms with E-state index in [-0.39, 0.29) is 18.4 Å². The molecule has 2 rings (SSSR count). The van der Waals surface area contributed by atoms with Crippen molar-refractivity contribution in [1.82, 2.24) is 9.80 Å². The molecule has 0 radical (unpaired) electrons. The van der Waals surface area contributed by atoms with Crippen molar-refractivity contribution in [2.45, 2.75) is 26.7 Å². The molecule has 2 atom stereocenters. The normalized spacial score (nSPS) is 29.0. The zero-order chi connectivity index (χ0) is 13.3. The molecule has 0 aliphatic carbocycles. The smallest absolute Gasteiger partial charge is 0.320 e. The molecule has 0 spiro atoms. The SMILES string of the molecule is CC1CCN(C(=O)N2CC(CC(=O)O)C2)CC1C. The van der Waals surface area contributed by atoms with Gasteiger partial charge in [-0.15, -0.1) is 0 Å². The number of carboxylic acids is 1. The van der Waals surface area contributed by atoms with Crippen molar-refractivity contribution in [1.29, 1.82) is 0 Å². The monoisotopic (exact) mass is 254 g/mol. The Kier molecular flexibility index (Phi) is 3.78. The van der Waals surface area contributed by atoms with Crippen LogP contribution in [-0.4, -0.2) is 53.1 Å². The number of carboxylic acid groups (broad SMARTS) is 1. The van der Waals surface area contributed by atoms with Crippen LogP contribution in [-0.2, 0) is 4.79 Å². The number of likely N-dealkylation sites (tertiary alicyclic amines) is 2. The first-order valence-electron chi connectivity index (χ1n) is 6.73. The standard InChI is InChI=1S/C13H22N2O3/c1-9-3-4-14(6-10(9)2)13(18)15-7-11(8-15)5-12(16)17/h9-11H,3-8H2,1-2H3,(H,16,17). The highest BCUT2D eigenvalue weighted by Gasteiger charge is 2.36. The van der Waals surface area contributed by atoms with Gasteiger partial charge in [0.15, 0.2) is 0 Å². The molecule has 2 heterocycles. The number of amides is 2. The van der Waals surface area contributed by atoms with E-state index in [1.165, 1.54) is 0 Å². The van der Waals surface area contributed by atoms with Crippen LogP contribution in [0.1, 0.15) is 26.7 Å². The summed E-state index contributed by atoms with van der Waals surface area (Å²) in [6.07, 6.45) is 1.25. The van der Waals surface area contributed by atoms with Gasteiger partial charge in [-0.2, -0.15) is 0 Å². The molecule has 0 bridgehead atoms. The molecule has 102 valence electrons. The summed E-state index contributed by atoms with van der Waals surface area (Å²) >= 11 is 0. The van der Waals surface area contributed by atoms with Crippen LogP contribution in [0.2, 0.25) is 0 Å². The Bertz CT molecular complexity index is 339. The van der Waals surface area contributed by atoms with Crippen LogP contribution in [0, 0.1) is 17.8 Å². The molecule has 2 amide bonds. The molecule has 18 heavy (non-hydrogen) atoms. The number of aliphatic carboxylic acids is 1. The van der Waals surface area contributed by atoms with Gasteiger partial charge in [-0.3, -0.25) is 4.79 Å². The molecule has 2 unspecified atom stereocenters. The van der Waals surface area contributed by atoms with E-state index in [1.807, 2.05) is 4.90 Å². The van der Waals surface area contributed by atoms with E-state index in [0.717, 1.165) is 19.5 Å². The predicted molar refractivity (Wildman–Crippen MR) is 67.2 cm³/mol. The number of carbonyl (C=O) groups excluding carboxylic acids is 1. The van der Waals surface area contributed by atoms with Gasteiger partial charge in [-0.25, -0.2) is 4.79 Å². The van der Waals surface area contributed by atoms with Crippen LogP contribution in [0.5, 0.6) is 0 Å². The lowest BCUT2D eigenvalue weighted by Gasteiger charge is -2.44. The number of hydrogen-bond donors (Lipinski definition) is 1. The lowest BCUT2D eigenvalue weighted by Crippen LogP contribution is -2.57. The van der Waals surface area contributed by atoms with Gasteiger partial charge in [0.1, 0.15) is 0 Å². The maximum atomic E-state index is 12.2. The summed E-state index contributed by atoms with van der Waals surface area (Å²) in [7, 11) is 0. The number of piperidine rings is 1. The molecule has 0 aromatic carbocycles. The summed E-state index contributed by atoms with van der Waals surface area (Å²) in [4.78, 5) is 26.4. The fourth-order valence-electron chi connectivity index (χ4n) is 2.74. The van der Waals surface area contributed by atoms with Crippen molar-refractivity contribution in [2.24, 2.45) is 17.8 Å². The molecule has 2 fully saturated rings. The molecular formula is C13H22N2O3. The maximum Gasteiger partial charge on any atom is 0.320 e. The Labute approximate surface area is 108 Å². The van der Waals surface area contributed by atoms with Crippen molar-refractivity contribution in [3.05, 3.63) is 0 Å². The third-order valence-electron chi connectivity index (χ3n) is 4.30. The van der Waals surface area contributed by atoms with Gasteiger partial charge in [0, 0.05) is 32.1 Å². The topological polar surface area (TPSA) is 60.9 Å². The number of carbonyl (C=O) groups is 2. The number of urea groups is 1. The second-order valence-electron chi connectivity index (χ2n) is 5.84. The fourth-order valence-corrected chi connectivity index (χ4v) is 2.74. The second kappa shape index (κ2) is 5.16. The second-order valence-corrected chi connectivity index (χ2v) is 5.84. The molecule has 0 saturated carbocycles. The molecule has 2 aliphatic rings. The summed E-state index contributed by atoms with van der Waals surface area (Å²) in [6.45, 7) is 7.30. The fraction of sp³-hybridized carbons (Fsp3) is 0.846. The Morgan fingerprint density at radius 3 is 2.33 bits per heavy atom. The van der Waals surface area contributed by atoms with Gasteiger partial charge in [-0.1, -0.05) is 13.8 Å². The van der Waals surface area contributed by atoms with E-state index in [9.17, 15) is 9.59 Å². The van der Waals surface area contributed by atoms with Crippen molar-refractivity contribution < 1.29 is 14.7 Å². The van der Waals surface area contributed by atoms with E-state index >= 15 is 0 Å². The molecular weight excluding hydrogens is 232 g/mol. The Morgan fingerprint density at radius 2 is 1.78 bits per heavy atom. The van der Waals surface area contributed by atoms with E-state index in [1.54, 1.807) is 4.90 Å². The van der Waals surface area contributed by atoms with E-state index in [4.69, 9.17) is 5.11 Å². The quantitative estimate of drug-likeness (QED) is 0.812. The van der Waals surface area contributed by atoms with E-state index in [2.05, 4.69) is 13.8 Å². The summed E-state index contributed by atoms with van der Waals surface area (Å²) in [6, 6.07) is 0.0930. The third kappa shape index (κ3) is 2.76. The number of hydrogen-bond acceptors (Lipinski definition) is 2. The predicted octanol–water partition coefficient (Wildman–Crippen LogP) is 1.49. The van der Waals surface area contributed by atoms with Crippen LogP contribution in [0.4, 0.5) is 4.79 Å². The molecule has 2 saturated heterocycles. The first kappa shape index (κ1) is 13.2. The zero-order valence-corrected chi connectivity index (χ0v) is 11.1. The minimum atomic E-state index is -0.771. The highest BCUT2D eigenvalue weighted by molar-refractivity contribution is 5.76. The summed E-state index contributed by atoms with van der Waals surface area (Å²) in [5, 5.41) is 8.67. The van der Waals surface area contributed by atoms with Gasteiger partial charge in [0.25, 0.3) is 0 Å². The maximum absolute atomic E-state index is 12.2. The minimum Gasteiger partial charge on any atom is -0.481 e. The average Bonchev–Trinajstić information content (AvgIpc) is 2.25. The van der Waals surface area contributed by atoms with E-state index < -0.39 is 5.97 Å². The summed E-state index contributed by atoms with van der Waals surface area (Å²) in [5.74, 6) is 0.615. The number of rotatable bonds is 2. The highest BCUT2D eigenvalue weighted by Crippen LogP contribution is 2.26. The molecule has 1 N–H and O–H groups in total. The van der Waals surface area contributed by atoms with Gasteiger partial charge in [-0.05, 0) is 18.3 Å². The first-order chi connectivity index (χ1) is 8.47. The van der Waals surface area contributed by atoms with Gasteiger partial charge in [0.2, 0.25) is 0 Å². The van der Waals surface area contributed by atoms with Gasteiger partial charge >= 0.3 is 12.0 Å². The van der Waals surface area contributed by atoms with Gasteiger partial charge < -0.3 is 14.9 Å². The number of nitrogens with zero attached hydrogens (tertiary/aromatic N) is 2. The third-order valence-corrected chi connectivity index (χ3v) is 4.30. The summed E-state index contributed by atoms with van der Waals surface area (Å²) in [5.41, 5.74) is 0. The lowest BCUT2D eigenvalue weighted by molar-refractivity contribution is -0.139. The molecule has 5 heteroatoms. The van der Waals surface area contributed by atoms with E-state index in [0.29, 0.717) is 24.9 Å². The van der Waals surface area contributed by atoms with Crippen LogP contribution >= 0.6 is 0 Å². The van der Waals surface area contributed by atoms with Crippen LogP contribution in [0.25, 0.3) is 0 Å².